The second kappa shape index (κ2) is 10.9. The molecule has 0 spiro atoms. The van der Waals surface area contributed by atoms with Crippen LogP contribution in [-0.2, 0) is 18.4 Å². The Bertz CT molecular complexity index is 1000. The van der Waals surface area contributed by atoms with Gasteiger partial charge in [-0.1, -0.05) is 58.4 Å². The lowest BCUT2D eigenvalue weighted by Crippen LogP contribution is -2.53. The summed E-state index contributed by atoms with van der Waals surface area (Å²) < 4.78 is 10.8. The molecule has 0 amide bonds. The minimum Gasteiger partial charge on any atom is -0.493 e. The lowest BCUT2D eigenvalue weighted by Gasteiger charge is -2.55. The minimum atomic E-state index is 0.309. The van der Waals surface area contributed by atoms with Crippen molar-refractivity contribution in [1.29, 1.82) is 0 Å². The highest BCUT2D eigenvalue weighted by molar-refractivity contribution is 5.43. The Labute approximate surface area is 213 Å². The summed E-state index contributed by atoms with van der Waals surface area (Å²) in [5.74, 6) is 2.91. The fourth-order valence-electron chi connectivity index (χ4n) is 6.99. The van der Waals surface area contributed by atoms with Crippen molar-refractivity contribution in [2.75, 3.05) is 33.9 Å². The van der Waals surface area contributed by atoms with Gasteiger partial charge in [-0.05, 0) is 82.7 Å². The Morgan fingerprint density at radius 3 is 2.46 bits per heavy atom. The van der Waals surface area contributed by atoms with Gasteiger partial charge in [0.2, 0.25) is 0 Å². The second-order valence-corrected chi connectivity index (χ2v) is 11.6. The maximum Gasteiger partial charge on any atom is 0.161 e. The van der Waals surface area contributed by atoms with E-state index < -0.39 is 0 Å². The molecule has 4 nitrogen and oxygen atoms in total. The normalized spacial score (nSPS) is 25.7. The first-order chi connectivity index (χ1) is 16.8. The Balaban J connectivity index is 1.31. The van der Waals surface area contributed by atoms with Gasteiger partial charge in [-0.25, -0.2) is 0 Å². The molecule has 4 rings (SSSR count). The molecule has 3 atom stereocenters. The zero-order valence-corrected chi connectivity index (χ0v) is 22.8. The standard InChI is InChI=1S/C31H46N2O2/c1-22(2)24-9-11-26-25(19-24)10-13-29-30(3,14-7-15-31(26,29)4)21-33-17-16-32-20-23-8-12-27(34-5)28(18-23)35-6/h8-9,11-12,18-19,22,29,32-33H,7,10,13-17,20-21H2,1-6H3/t29-,30-,31+/m0/s1. The predicted octanol–water partition coefficient (Wildman–Crippen LogP) is 6.22. The number of methoxy groups -OCH3 is 2. The van der Waals surface area contributed by atoms with E-state index in [0.717, 1.165) is 43.6 Å². The van der Waals surface area contributed by atoms with Gasteiger partial charge in [0.05, 0.1) is 14.2 Å². The molecule has 0 radical (unpaired) electrons. The summed E-state index contributed by atoms with van der Waals surface area (Å²) in [6.45, 7) is 13.6. The molecule has 0 aliphatic heterocycles. The van der Waals surface area contributed by atoms with Crippen molar-refractivity contribution in [3.63, 3.8) is 0 Å². The number of ether oxygens (including phenoxy) is 2. The summed E-state index contributed by atoms with van der Waals surface area (Å²) in [4.78, 5) is 0. The smallest absolute Gasteiger partial charge is 0.161 e. The van der Waals surface area contributed by atoms with Crippen LogP contribution in [0.15, 0.2) is 36.4 Å². The summed E-state index contributed by atoms with van der Waals surface area (Å²) in [5, 5.41) is 7.39. The maximum absolute atomic E-state index is 5.42. The van der Waals surface area contributed by atoms with Crippen LogP contribution in [0.5, 0.6) is 11.5 Å². The van der Waals surface area contributed by atoms with Crippen molar-refractivity contribution < 1.29 is 9.47 Å². The summed E-state index contributed by atoms with van der Waals surface area (Å²) in [5.41, 5.74) is 6.62. The molecule has 0 aromatic heterocycles. The van der Waals surface area contributed by atoms with Crippen LogP contribution < -0.4 is 20.1 Å². The zero-order valence-electron chi connectivity index (χ0n) is 22.8. The van der Waals surface area contributed by atoms with Crippen LogP contribution in [0.25, 0.3) is 0 Å². The average molecular weight is 479 g/mol. The third-order valence-electron chi connectivity index (χ3n) is 8.95. The van der Waals surface area contributed by atoms with E-state index in [0.29, 0.717) is 16.7 Å². The summed E-state index contributed by atoms with van der Waals surface area (Å²) in [7, 11) is 3.36. The highest BCUT2D eigenvalue weighted by Gasteiger charge is 2.51. The van der Waals surface area contributed by atoms with Gasteiger partial charge in [0.25, 0.3) is 0 Å². The monoisotopic (exact) mass is 478 g/mol. The lowest BCUT2D eigenvalue weighted by atomic mass is 9.49. The summed E-state index contributed by atoms with van der Waals surface area (Å²) >= 11 is 0. The van der Waals surface area contributed by atoms with Gasteiger partial charge in [-0.3, -0.25) is 0 Å². The molecular weight excluding hydrogens is 432 g/mol. The van der Waals surface area contributed by atoms with E-state index in [-0.39, 0.29) is 0 Å². The third-order valence-corrected chi connectivity index (χ3v) is 8.95. The van der Waals surface area contributed by atoms with Crippen LogP contribution in [0.1, 0.15) is 81.5 Å². The fraction of sp³-hybridized carbons (Fsp3) is 0.613. The number of hydrogen-bond donors (Lipinski definition) is 2. The van der Waals surface area contributed by atoms with E-state index in [1.807, 2.05) is 12.1 Å². The number of rotatable bonds is 10. The molecule has 0 saturated heterocycles. The van der Waals surface area contributed by atoms with Gasteiger partial charge in [0, 0.05) is 26.2 Å². The number of benzene rings is 2. The van der Waals surface area contributed by atoms with Crippen LogP contribution in [0.3, 0.4) is 0 Å². The molecule has 35 heavy (non-hydrogen) atoms. The van der Waals surface area contributed by atoms with Gasteiger partial charge < -0.3 is 20.1 Å². The highest BCUT2D eigenvalue weighted by atomic mass is 16.5. The SMILES string of the molecule is COc1ccc(CNCCNC[C@]2(C)CCC[C@]3(C)c4ccc(C(C)C)cc4CC[C@@H]23)cc1OC. The van der Waals surface area contributed by atoms with Crippen molar-refractivity contribution in [2.45, 2.75) is 77.7 Å². The fourth-order valence-corrected chi connectivity index (χ4v) is 6.99. The molecule has 4 heteroatoms. The van der Waals surface area contributed by atoms with Crippen LogP contribution in [-0.4, -0.2) is 33.9 Å². The van der Waals surface area contributed by atoms with Gasteiger partial charge >= 0.3 is 0 Å². The third kappa shape index (κ3) is 5.39. The quantitative estimate of drug-likeness (QED) is 0.398. The van der Waals surface area contributed by atoms with Crippen molar-refractivity contribution >= 4 is 0 Å². The summed E-state index contributed by atoms with van der Waals surface area (Å²) in [6.07, 6.45) is 6.54. The van der Waals surface area contributed by atoms with E-state index >= 15 is 0 Å². The molecule has 0 bridgehead atoms. The second-order valence-electron chi connectivity index (χ2n) is 11.6. The van der Waals surface area contributed by atoms with Crippen LogP contribution in [0.2, 0.25) is 0 Å². The molecule has 2 N–H and O–H groups in total. The largest absolute Gasteiger partial charge is 0.493 e. The topological polar surface area (TPSA) is 42.5 Å². The van der Waals surface area contributed by atoms with Gasteiger partial charge in [-0.2, -0.15) is 0 Å². The van der Waals surface area contributed by atoms with E-state index in [9.17, 15) is 0 Å². The molecule has 2 aromatic carbocycles. The first-order valence-electron chi connectivity index (χ1n) is 13.6. The molecule has 1 fully saturated rings. The number of aryl methyl sites for hydroxylation is 1. The molecule has 2 aliphatic rings. The summed E-state index contributed by atoms with van der Waals surface area (Å²) in [6, 6.07) is 13.5. The molecule has 2 aromatic rings. The van der Waals surface area contributed by atoms with E-state index in [1.165, 1.54) is 43.2 Å². The van der Waals surface area contributed by atoms with Crippen LogP contribution >= 0.6 is 0 Å². The minimum absolute atomic E-state index is 0.309. The Morgan fingerprint density at radius 2 is 1.71 bits per heavy atom. The van der Waals surface area contributed by atoms with Crippen molar-refractivity contribution in [2.24, 2.45) is 11.3 Å². The van der Waals surface area contributed by atoms with Gasteiger partial charge in [0.15, 0.2) is 11.5 Å². The number of nitrogens with one attached hydrogen (secondary N) is 2. The Kier molecular flexibility index (Phi) is 8.12. The highest BCUT2D eigenvalue weighted by Crippen LogP contribution is 2.57. The van der Waals surface area contributed by atoms with E-state index in [4.69, 9.17) is 9.47 Å². The zero-order chi connectivity index (χ0) is 25.1. The van der Waals surface area contributed by atoms with E-state index in [2.05, 4.69) is 62.6 Å². The first kappa shape index (κ1) is 26.0. The Morgan fingerprint density at radius 1 is 0.943 bits per heavy atom. The molecule has 0 heterocycles. The van der Waals surface area contributed by atoms with Crippen LogP contribution in [0, 0.1) is 11.3 Å². The molecular formula is C31H46N2O2. The lowest BCUT2D eigenvalue weighted by molar-refractivity contribution is 0.0261. The average Bonchev–Trinajstić information content (AvgIpc) is 2.85. The van der Waals surface area contributed by atoms with Crippen molar-refractivity contribution in [3.05, 3.63) is 58.7 Å². The number of fused-ring (bicyclic) bond motifs is 3. The molecule has 1 saturated carbocycles. The van der Waals surface area contributed by atoms with Gasteiger partial charge in [-0.15, -0.1) is 0 Å². The van der Waals surface area contributed by atoms with Gasteiger partial charge in [0.1, 0.15) is 0 Å². The van der Waals surface area contributed by atoms with Crippen molar-refractivity contribution in [3.8, 4) is 11.5 Å². The molecule has 2 aliphatic carbocycles. The molecule has 0 unspecified atom stereocenters. The maximum atomic E-state index is 5.42. The Hall–Kier alpha value is -2.04. The molecule has 192 valence electrons. The van der Waals surface area contributed by atoms with Crippen molar-refractivity contribution in [1.82, 2.24) is 10.6 Å². The predicted molar refractivity (Wildman–Crippen MR) is 146 cm³/mol. The van der Waals surface area contributed by atoms with Crippen LogP contribution in [0.4, 0.5) is 0 Å². The number of hydrogen-bond acceptors (Lipinski definition) is 4. The first-order valence-corrected chi connectivity index (χ1v) is 13.6. The van der Waals surface area contributed by atoms with E-state index in [1.54, 1.807) is 25.3 Å².